The van der Waals surface area contributed by atoms with Crippen LogP contribution in [0.5, 0.6) is 0 Å². The molecule has 1 aliphatic heterocycles. The first-order chi connectivity index (χ1) is 12.6. The number of hydrogen-bond acceptors (Lipinski definition) is 4. The first kappa shape index (κ1) is 19.3. The van der Waals surface area contributed by atoms with E-state index in [1.165, 1.54) is 0 Å². The Bertz CT molecular complexity index is 665. The lowest BCUT2D eigenvalue weighted by Gasteiger charge is -2.25. The van der Waals surface area contributed by atoms with Crippen LogP contribution in [-0.4, -0.2) is 59.3 Å². The highest BCUT2D eigenvalue weighted by molar-refractivity contribution is 6.30. The molecule has 0 spiro atoms. The summed E-state index contributed by atoms with van der Waals surface area (Å²) in [6.07, 6.45) is 0.0746. The Morgan fingerprint density at radius 1 is 0.731 bits per heavy atom. The van der Waals surface area contributed by atoms with Gasteiger partial charge in [0.1, 0.15) is 0 Å². The number of benzene rings is 2. The number of rotatable bonds is 6. The minimum atomic E-state index is -0.506. The Kier molecular flexibility index (Phi) is 7.06. The molecule has 0 aliphatic carbocycles. The zero-order valence-electron chi connectivity index (χ0n) is 15.0. The maximum atomic E-state index is 10.5. The average molecular weight is 375 g/mol. The van der Waals surface area contributed by atoms with Gasteiger partial charge < -0.3 is 10.2 Å². The largest absolute Gasteiger partial charge is 0.387 e. The number of aliphatic hydroxyl groups is 2. The minimum Gasteiger partial charge on any atom is -0.387 e. The molecule has 1 aliphatic rings. The number of β-amino-alcohol motifs (C(OH)–C–C–N with tert-alkyl or cyclic N) is 2. The Hall–Kier alpha value is -1.43. The van der Waals surface area contributed by atoms with Gasteiger partial charge in [-0.3, -0.25) is 9.80 Å². The highest BCUT2D eigenvalue weighted by atomic mass is 35.5. The van der Waals surface area contributed by atoms with Crippen molar-refractivity contribution in [3.63, 3.8) is 0 Å². The summed E-state index contributed by atoms with van der Waals surface area (Å²) in [6.45, 7) is 5.00. The zero-order valence-corrected chi connectivity index (χ0v) is 15.7. The third kappa shape index (κ3) is 5.53. The maximum absolute atomic E-state index is 10.5. The number of halogens is 1. The SMILES string of the molecule is OC(CN1CCCN(CC(O)c2ccc(Cl)cc2)CC1)c1ccccc1. The molecule has 0 radical (unpaired) electrons. The summed E-state index contributed by atoms with van der Waals surface area (Å²) < 4.78 is 0. The van der Waals surface area contributed by atoms with Crippen LogP contribution in [-0.2, 0) is 0 Å². The van der Waals surface area contributed by atoms with Gasteiger partial charge in [0.15, 0.2) is 0 Å². The van der Waals surface area contributed by atoms with E-state index in [1.54, 1.807) is 0 Å². The van der Waals surface area contributed by atoms with Gasteiger partial charge >= 0.3 is 0 Å². The molecule has 2 atom stereocenters. The predicted molar refractivity (Wildman–Crippen MR) is 105 cm³/mol. The van der Waals surface area contributed by atoms with E-state index in [0.29, 0.717) is 18.1 Å². The van der Waals surface area contributed by atoms with Gasteiger partial charge in [0.05, 0.1) is 12.2 Å². The summed E-state index contributed by atoms with van der Waals surface area (Å²) >= 11 is 5.91. The topological polar surface area (TPSA) is 46.9 Å². The van der Waals surface area contributed by atoms with Gasteiger partial charge in [0.2, 0.25) is 0 Å². The van der Waals surface area contributed by atoms with Crippen LogP contribution >= 0.6 is 11.6 Å². The first-order valence-corrected chi connectivity index (χ1v) is 9.61. The lowest BCUT2D eigenvalue weighted by molar-refractivity contribution is 0.103. The molecule has 2 unspecified atom stereocenters. The molecule has 140 valence electrons. The molecule has 1 heterocycles. The quantitative estimate of drug-likeness (QED) is 0.815. The summed E-state index contributed by atoms with van der Waals surface area (Å²) in [4.78, 5) is 4.61. The van der Waals surface area contributed by atoms with E-state index >= 15 is 0 Å². The molecule has 26 heavy (non-hydrogen) atoms. The number of nitrogens with zero attached hydrogens (tertiary/aromatic N) is 2. The molecule has 0 saturated carbocycles. The van der Waals surface area contributed by atoms with Crippen molar-refractivity contribution in [3.05, 3.63) is 70.7 Å². The summed E-state index contributed by atoms with van der Waals surface area (Å²) in [5.41, 5.74) is 1.86. The van der Waals surface area contributed by atoms with Gasteiger partial charge in [-0.2, -0.15) is 0 Å². The minimum absolute atomic E-state index is 0.456. The van der Waals surface area contributed by atoms with E-state index in [0.717, 1.165) is 43.7 Å². The van der Waals surface area contributed by atoms with Crippen molar-refractivity contribution in [3.8, 4) is 0 Å². The van der Waals surface area contributed by atoms with Crippen LogP contribution < -0.4 is 0 Å². The van der Waals surface area contributed by atoms with Crippen LogP contribution in [0.4, 0.5) is 0 Å². The van der Waals surface area contributed by atoms with Gasteiger partial charge in [-0.25, -0.2) is 0 Å². The molecule has 0 aromatic heterocycles. The Morgan fingerprint density at radius 2 is 1.23 bits per heavy atom. The van der Waals surface area contributed by atoms with E-state index in [9.17, 15) is 10.2 Å². The van der Waals surface area contributed by atoms with Gasteiger partial charge in [-0.15, -0.1) is 0 Å². The predicted octanol–water partition coefficient (Wildman–Crippen LogP) is 3.11. The van der Waals surface area contributed by atoms with Gasteiger partial charge in [0, 0.05) is 31.2 Å². The van der Waals surface area contributed by atoms with Crippen LogP contribution in [0, 0.1) is 0 Å². The first-order valence-electron chi connectivity index (χ1n) is 9.23. The van der Waals surface area contributed by atoms with E-state index in [2.05, 4.69) is 9.80 Å². The lowest BCUT2D eigenvalue weighted by Crippen LogP contribution is -2.35. The summed E-state index contributed by atoms with van der Waals surface area (Å²) in [5, 5.41) is 21.6. The molecule has 2 N–H and O–H groups in total. The second-order valence-electron chi connectivity index (χ2n) is 6.95. The van der Waals surface area contributed by atoms with Gasteiger partial charge in [-0.05, 0) is 42.8 Å². The van der Waals surface area contributed by atoms with Crippen molar-refractivity contribution in [1.82, 2.24) is 9.80 Å². The van der Waals surface area contributed by atoms with E-state index < -0.39 is 12.2 Å². The van der Waals surface area contributed by atoms with Crippen molar-refractivity contribution in [2.45, 2.75) is 18.6 Å². The normalized spacial score (nSPS) is 19.0. The standard InChI is InChI=1S/C21H27ClN2O2/c22-19-9-7-18(8-10-19)21(26)16-24-12-4-11-23(13-14-24)15-20(25)17-5-2-1-3-6-17/h1-3,5-10,20-21,25-26H,4,11-16H2. The van der Waals surface area contributed by atoms with Crippen LogP contribution in [0.2, 0.25) is 5.02 Å². The Morgan fingerprint density at radius 3 is 1.77 bits per heavy atom. The Labute approximate surface area is 160 Å². The fourth-order valence-corrected chi connectivity index (χ4v) is 3.58. The molecule has 0 amide bonds. The number of hydrogen-bond donors (Lipinski definition) is 2. The van der Waals surface area contributed by atoms with E-state index in [-0.39, 0.29) is 0 Å². The van der Waals surface area contributed by atoms with Gasteiger partial charge in [-0.1, -0.05) is 54.1 Å². The van der Waals surface area contributed by atoms with Crippen LogP contribution in [0.15, 0.2) is 54.6 Å². The third-order valence-corrected chi connectivity index (χ3v) is 5.23. The molecule has 3 rings (SSSR count). The fourth-order valence-electron chi connectivity index (χ4n) is 3.45. The van der Waals surface area contributed by atoms with E-state index in [4.69, 9.17) is 11.6 Å². The number of aliphatic hydroxyl groups excluding tert-OH is 2. The summed E-state index contributed by atoms with van der Waals surface area (Å²) in [6, 6.07) is 17.2. The molecule has 1 saturated heterocycles. The van der Waals surface area contributed by atoms with Crippen LogP contribution in [0.25, 0.3) is 0 Å². The molecule has 2 aromatic rings. The molecular weight excluding hydrogens is 348 g/mol. The highest BCUT2D eigenvalue weighted by Crippen LogP contribution is 2.19. The summed E-state index contributed by atoms with van der Waals surface area (Å²) in [5.74, 6) is 0. The Balaban J connectivity index is 1.49. The molecule has 1 fully saturated rings. The molecule has 4 nitrogen and oxygen atoms in total. The van der Waals surface area contributed by atoms with Crippen molar-refractivity contribution in [1.29, 1.82) is 0 Å². The fraction of sp³-hybridized carbons (Fsp3) is 0.429. The maximum Gasteiger partial charge on any atom is 0.0916 e. The molecular formula is C21H27ClN2O2. The lowest BCUT2D eigenvalue weighted by atomic mass is 10.1. The smallest absolute Gasteiger partial charge is 0.0916 e. The average Bonchev–Trinajstić information content (AvgIpc) is 2.88. The second kappa shape index (κ2) is 9.49. The summed E-state index contributed by atoms with van der Waals surface area (Å²) in [7, 11) is 0. The van der Waals surface area contributed by atoms with Gasteiger partial charge in [0.25, 0.3) is 0 Å². The van der Waals surface area contributed by atoms with E-state index in [1.807, 2.05) is 54.6 Å². The van der Waals surface area contributed by atoms with Crippen molar-refractivity contribution >= 4 is 11.6 Å². The second-order valence-corrected chi connectivity index (χ2v) is 7.39. The van der Waals surface area contributed by atoms with Crippen molar-refractivity contribution < 1.29 is 10.2 Å². The highest BCUT2D eigenvalue weighted by Gasteiger charge is 2.20. The molecule has 2 aromatic carbocycles. The third-order valence-electron chi connectivity index (χ3n) is 4.98. The van der Waals surface area contributed by atoms with Crippen LogP contribution in [0.3, 0.4) is 0 Å². The molecule has 5 heteroatoms. The molecule has 0 bridgehead atoms. The zero-order chi connectivity index (χ0) is 18.4. The van der Waals surface area contributed by atoms with Crippen molar-refractivity contribution in [2.24, 2.45) is 0 Å². The van der Waals surface area contributed by atoms with Crippen LogP contribution in [0.1, 0.15) is 29.8 Å². The van der Waals surface area contributed by atoms with Crippen molar-refractivity contribution in [2.75, 3.05) is 39.3 Å². The monoisotopic (exact) mass is 374 g/mol.